The lowest BCUT2D eigenvalue weighted by atomic mass is 10.1. The lowest BCUT2D eigenvalue weighted by Crippen LogP contribution is -2.41. The number of aliphatic carboxylic acids is 1. The molecule has 0 aliphatic heterocycles. The van der Waals surface area contributed by atoms with E-state index in [-0.39, 0.29) is 18.8 Å². The van der Waals surface area contributed by atoms with Crippen molar-refractivity contribution >= 4 is 33.7 Å². The maximum absolute atomic E-state index is 12.0. The van der Waals surface area contributed by atoms with Gasteiger partial charge < -0.3 is 19.7 Å². The van der Waals surface area contributed by atoms with Gasteiger partial charge in [-0.2, -0.15) is 0 Å². The number of carbonyl (C=O) groups is 3. The number of hydrogen-bond acceptors (Lipinski definition) is 4. The molecular weight excluding hydrogens is 344 g/mol. The number of nitrogens with one attached hydrogen (secondary N) is 1. The van der Waals surface area contributed by atoms with Crippen LogP contribution in [-0.4, -0.2) is 47.9 Å². The fraction of sp³-hybridized carbons (Fsp3) is 0.462. The zero-order chi connectivity index (χ0) is 15.6. The van der Waals surface area contributed by atoms with E-state index in [1.807, 2.05) is 0 Å². The normalized spacial score (nSPS) is 15.3. The van der Waals surface area contributed by atoms with Crippen LogP contribution in [0, 0.1) is 5.41 Å². The topological polar surface area (TPSA) is 99.9 Å². The van der Waals surface area contributed by atoms with Crippen LogP contribution >= 0.6 is 15.9 Å². The molecule has 8 heteroatoms. The third kappa shape index (κ3) is 3.63. The van der Waals surface area contributed by atoms with Crippen LogP contribution in [-0.2, 0) is 9.59 Å². The summed E-state index contributed by atoms with van der Waals surface area (Å²) in [5.74, 6) is -1.59. The highest BCUT2D eigenvalue weighted by Gasteiger charge is 2.50. The number of rotatable bonds is 6. The molecule has 0 bridgehead atoms. The van der Waals surface area contributed by atoms with Crippen LogP contribution in [0.1, 0.15) is 23.4 Å². The number of hydrogen-bond donors (Lipinski definition) is 2. The van der Waals surface area contributed by atoms with Crippen LogP contribution in [0.3, 0.4) is 0 Å². The zero-order valence-corrected chi connectivity index (χ0v) is 13.0. The first-order chi connectivity index (χ1) is 9.84. The molecule has 1 fully saturated rings. The van der Waals surface area contributed by atoms with E-state index in [2.05, 4.69) is 21.2 Å². The molecule has 1 aliphatic rings. The molecule has 0 aromatic carbocycles. The fourth-order valence-corrected chi connectivity index (χ4v) is 2.15. The van der Waals surface area contributed by atoms with Crippen molar-refractivity contribution in [3.05, 3.63) is 22.6 Å². The first-order valence-corrected chi connectivity index (χ1v) is 7.14. The first-order valence-electron chi connectivity index (χ1n) is 6.35. The van der Waals surface area contributed by atoms with Gasteiger partial charge in [0.25, 0.3) is 5.91 Å². The van der Waals surface area contributed by atoms with Gasteiger partial charge in [0.1, 0.15) is 0 Å². The van der Waals surface area contributed by atoms with E-state index in [1.165, 1.54) is 18.0 Å². The predicted molar refractivity (Wildman–Crippen MR) is 75.7 cm³/mol. The predicted octanol–water partition coefficient (Wildman–Crippen LogP) is 1.10. The molecule has 114 valence electrons. The summed E-state index contributed by atoms with van der Waals surface area (Å²) < 4.78 is 5.55. The van der Waals surface area contributed by atoms with Crippen LogP contribution in [0.4, 0.5) is 0 Å². The van der Waals surface area contributed by atoms with Crippen molar-refractivity contribution in [2.75, 3.05) is 20.1 Å². The number of carboxylic acids is 1. The number of nitrogens with zero attached hydrogens (tertiary/aromatic N) is 1. The molecule has 7 nitrogen and oxygen atoms in total. The van der Waals surface area contributed by atoms with E-state index in [1.54, 1.807) is 6.07 Å². The van der Waals surface area contributed by atoms with Gasteiger partial charge in [0.05, 0.1) is 12.0 Å². The Balaban J connectivity index is 1.82. The van der Waals surface area contributed by atoms with Gasteiger partial charge in [-0.3, -0.25) is 14.4 Å². The number of likely N-dealkylation sites (N-methyl/N-ethyl adjacent to an activating group) is 1. The molecule has 1 heterocycles. The smallest absolute Gasteiger partial charge is 0.311 e. The second-order valence-electron chi connectivity index (χ2n) is 5.13. The maximum atomic E-state index is 12.0. The molecule has 1 aliphatic carbocycles. The quantitative estimate of drug-likeness (QED) is 0.792. The lowest BCUT2D eigenvalue weighted by molar-refractivity contribution is -0.143. The van der Waals surface area contributed by atoms with Crippen molar-refractivity contribution < 1.29 is 23.9 Å². The van der Waals surface area contributed by atoms with Gasteiger partial charge in [0.15, 0.2) is 10.4 Å². The number of amides is 2. The third-order valence-corrected chi connectivity index (χ3v) is 3.87. The molecule has 0 atom stereocenters. The summed E-state index contributed by atoms with van der Waals surface area (Å²) >= 11 is 3.10. The summed E-state index contributed by atoms with van der Waals surface area (Å²) in [7, 11) is 1.47. The Morgan fingerprint density at radius 2 is 2.10 bits per heavy atom. The first kappa shape index (κ1) is 15.6. The highest BCUT2D eigenvalue weighted by molar-refractivity contribution is 9.10. The Hall–Kier alpha value is -1.83. The molecule has 2 rings (SSSR count). The Morgan fingerprint density at radius 1 is 1.43 bits per heavy atom. The van der Waals surface area contributed by atoms with E-state index < -0.39 is 23.2 Å². The SMILES string of the molecule is CN(CC(=O)NCC1(C(=O)O)CC1)C(=O)c1ccc(Br)o1. The van der Waals surface area contributed by atoms with Crippen molar-refractivity contribution in [1.29, 1.82) is 0 Å². The number of carboxylic acid groups (broad SMARTS) is 1. The minimum Gasteiger partial charge on any atom is -0.481 e. The molecule has 21 heavy (non-hydrogen) atoms. The van der Waals surface area contributed by atoms with Gasteiger partial charge >= 0.3 is 5.97 Å². The zero-order valence-electron chi connectivity index (χ0n) is 11.4. The van der Waals surface area contributed by atoms with Crippen LogP contribution in [0.2, 0.25) is 0 Å². The lowest BCUT2D eigenvalue weighted by Gasteiger charge is -2.16. The maximum Gasteiger partial charge on any atom is 0.311 e. The molecule has 1 saturated carbocycles. The van der Waals surface area contributed by atoms with Crippen molar-refractivity contribution in [3.63, 3.8) is 0 Å². The second kappa shape index (κ2) is 5.88. The van der Waals surface area contributed by atoms with Crippen LogP contribution in [0.15, 0.2) is 21.2 Å². The largest absolute Gasteiger partial charge is 0.481 e. The summed E-state index contributed by atoms with van der Waals surface area (Å²) in [5, 5.41) is 11.6. The Morgan fingerprint density at radius 3 is 2.57 bits per heavy atom. The molecule has 2 amide bonds. The highest BCUT2D eigenvalue weighted by Crippen LogP contribution is 2.45. The van der Waals surface area contributed by atoms with Crippen LogP contribution in [0.25, 0.3) is 0 Å². The third-order valence-electron chi connectivity index (χ3n) is 3.44. The number of halogens is 1. The summed E-state index contributed by atoms with van der Waals surface area (Å²) in [6.45, 7) is -0.0671. The highest BCUT2D eigenvalue weighted by atomic mass is 79.9. The molecule has 0 spiro atoms. The molecular formula is C13H15BrN2O5. The van der Waals surface area contributed by atoms with E-state index in [9.17, 15) is 14.4 Å². The standard InChI is InChI=1S/C13H15BrN2O5/c1-16(11(18)8-2-3-9(14)21-8)6-10(17)15-7-13(4-5-13)12(19)20/h2-3H,4-7H2,1H3,(H,15,17)(H,19,20). The van der Waals surface area contributed by atoms with Crippen LogP contribution < -0.4 is 5.32 Å². The van der Waals surface area contributed by atoms with Crippen molar-refractivity contribution in [1.82, 2.24) is 10.2 Å². The average molecular weight is 359 g/mol. The van der Waals surface area contributed by atoms with Gasteiger partial charge in [-0.05, 0) is 40.9 Å². The minimum absolute atomic E-state index is 0.0928. The summed E-state index contributed by atoms with van der Waals surface area (Å²) in [6, 6.07) is 3.09. The number of carbonyl (C=O) groups excluding carboxylic acids is 2. The minimum atomic E-state index is -0.896. The van der Waals surface area contributed by atoms with E-state index in [0.29, 0.717) is 17.5 Å². The van der Waals surface area contributed by atoms with Gasteiger partial charge in [-0.25, -0.2) is 0 Å². The Labute approximate surface area is 129 Å². The van der Waals surface area contributed by atoms with Gasteiger partial charge in [0, 0.05) is 13.6 Å². The molecule has 1 aromatic heterocycles. The van der Waals surface area contributed by atoms with E-state index >= 15 is 0 Å². The molecule has 0 saturated heterocycles. The van der Waals surface area contributed by atoms with Crippen molar-refractivity contribution in [2.24, 2.45) is 5.41 Å². The average Bonchev–Trinajstić information content (AvgIpc) is 3.11. The van der Waals surface area contributed by atoms with Crippen molar-refractivity contribution in [3.8, 4) is 0 Å². The second-order valence-corrected chi connectivity index (χ2v) is 5.91. The number of furan rings is 1. The molecule has 2 N–H and O–H groups in total. The summed E-state index contributed by atoms with van der Waals surface area (Å²) in [5.41, 5.74) is -0.815. The van der Waals surface area contributed by atoms with Gasteiger partial charge in [0.2, 0.25) is 5.91 Å². The van der Waals surface area contributed by atoms with E-state index in [4.69, 9.17) is 9.52 Å². The fourth-order valence-electron chi connectivity index (χ4n) is 1.85. The van der Waals surface area contributed by atoms with Gasteiger partial charge in [-0.15, -0.1) is 0 Å². The summed E-state index contributed by atoms with van der Waals surface area (Å²) in [4.78, 5) is 35.9. The van der Waals surface area contributed by atoms with Crippen LogP contribution in [0.5, 0.6) is 0 Å². The van der Waals surface area contributed by atoms with E-state index in [0.717, 1.165) is 0 Å². The summed E-state index contributed by atoms with van der Waals surface area (Å²) in [6.07, 6.45) is 1.13. The molecule has 0 radical (unpaired) electrons. The Kier molecular flexibility index (Phi) is 4.36. The van der Waals surface area contributed by atoms with Gasteiger partial charge in [-0.1, -0.05) is 0 Å². The Bertz CT molecular complexity index is 579. The van der Waals surface area contributed by atoms with Crippen molar-refractivity contribution in [2.45, 2.75) is 12.8 Å². The molecule has 0 unspecified atom stereocenters. The molecule has 1 aromatic rings. The monoisotopic (exact) mass is 358 g/mol.